The molecule has 0 aliphatic carbocycles. The second-order valence-electron chi connectivity index (χ2n) is 15.9. The van der Waals surface area contributed by atoms with Gasteiger partial charge in [0.1, 0.15) is 11.3 Å². The van der Waals surface area contributed by atoms with Gasteiger partial charge in [-0.25, -0.2) is 4.98 Å². The van der Waals surface area contributed by atoms with Crippen LogP contribution in [0.25, 0.3) is 44.8 Å². The van der Waals surface area contributed by atoms with Crippen LogP contribution in [-0.4, -0.2) is 16.3 Å². The van der Waals surface area contributed by atoms with Gasteiger partial charge in [-0.2, -0.15) is 0 Å². The minimum atomic E-state index is -0.0515. The number of aromatic nitrogens is 1. The molecule has 0 saturated heterocycles. The lowest BCUT2D eigenvalue weighted by Gasteiger charge is -2.26. The number of phenolic OH excluding ortho intramolecular Hbond substituents is 1. The van der Waals surface area contributed by atoms with Gasteiger partial charge in [-0.05, 0) is 86.0 Å². The van der Waals surface area contributed by atoms with Gasteiger partial charge in [0.15, 0.2) is 5.58 Å². The molecule has 1 heterocycles. The Kier molecular flexibility index (Phi) is 8.41. The topological polar surface area (TPSA) is 58.6 Å². The van der Waals surface area contributed by atoms with E-state index in [1.54, 1.807) is 12.3 Å². The van der Waals surface area contributed by atoms with Crippen LogP contribution in [0.2, 0.25) is 0 Å². The third-order valence-electron chi connectivity index (χ3n) is 8.95. The number of hydrogen-bond donors (Lipinski definition) is 1. The van der Waals surface area contributed by atoms with Crippen molar-refractivity contribution >= 4 is 23.0 Å². The van der Waals surface area contributed by atoms with Crippen LogP contribution in [-0.2, 0) is 16.2 Å². The minimum absolute atomic E-state index is 0.00312. The highest BCUT2D eigenvalue weighted by Crippen LogP contribution is 2.40. The molecule has 0 unspecified atom stereocenters. The Hall–Kier alpha value is -4.96. The van der Waals surface area contributed by atoms with Gasteiger partial charge in [0, 0.05) is 17.3 Å². The minimum Gasteiger partial charge on any atom is -0.507 e. The maximum Gasteiger partial charge on any atom is 0.229 e. The fraction of sp³-hybridized carbons (Fsp3) is 0.273. The Labute approximate surface area is 285 Å². The van der Waals surface area contributed by atoms with Crippen LogP contribution >= 0.6 is 0 Å². The molecule has 0 saturated carbocycles. The first-order valence-corrected chi connectivity index (χ1v) is 16.7. The summed E-state index contributed by atoms with van der Waals surface area (Å²) in [5, 5.41) is 10.6. The summed E-state index contributed by atoms with van der Waals surface area (Å²) < 4.78 is 6.62. The van der Waals surface area contributed by atoms with Crippen molar-refractivity contribution in [2.24, 2.45) is 4.99 Å². The molecular formula is C44H46N2O2. The third-order valence-corrected chi connectivity index (χ3v) is 8.95. The number of oxazole rings is 1. The van der Waals surface area contributed by atoms with Crippen molar-refractivity contribution in [1.82, 2.24) is 4.98 Å². The van der Waals surface area contributed by atoms with Crippen LogP contribution in [0.5, 0.6) is 5.75 Å². The van der Waals surface area contributed by atoms with Gasteiger partial charge in [-0.1, -0.05) is 129 Å². The van der Waals surface area contributed by atoms with E-state index in [1.165, 1.54) is 11.1 Å². The molecular weight excluding hydrogens is 588 g/mol. The molecule has 0 spiro atoms. The average Bonchev–Trinajstić information content (AvgIpc) is 3.47. The number of fused-ring (bicyclic) bond motifs is 1. The lowest BCUT2D eigenvalue weighted by molar-refractivity contribution is 0.473. The summed E-state index contributed by atoms with van der Waals surface area (Å²) in [6.07, 6.45) is 1.72. The van der Waals surface area contributed by atoms with E-state index in [2.05, 4.69) is 117 Å². The molecule has 0 radical (unpaired) electrons. The Morgan fingerprint density at radius 1 is 0.583 bits per heavy atom. The zero-order valence-electron chi connectivity index (χ0n) is 29.6. The van der Waals surface area contributed by atoms with Gasteiger partial charge in [0.2, 0.25) is 5.89 Å². The molecule has 4 heteroatoms. The molecule has 1 N–H and O–H groups in total. The van der Waals surface area contributed by atoms with Crippen LogP contribution in [0, 0.1) is 0 Å². The summed E-state index contributed by atoms with van der Waals surface area (Å²) in [5.41, 5.74) is 11.7. The van der Waals surface area contributed by atoms with Crippen LogP contribution in [0.15, 0.2) is 113 Å². The molecule has 0 atom stereocenters. The molecule has 0 bridgehead atoms. The molecule has 0 fully saturated rings. The summed E-state index contributed by atoms with van der Waals surface area (Å²) in [6.45, 7) is 20.1. The van der Waals surface area contributed by atoms with Crippen molar-refractivity contribution in [3.63, 3.8) is 0 Å². The number of para-hydroxylation sites is 1. The Bertz CT molecular complexity index is 2100. The van der Waals surface area contributed by atoms with Gasteiger partial charge in [0.05, 0.1) is 11.3 Å². The van der Waals surface area contributed by atoms with Gasteiger partial charge < -0.3 is 9.52 Å². The Balaban J connectivity index is 1.51. The quantitative estimate of drug-likeness (QED) is 0.192. The van der Waals surface area contributed by atoms with Crippen molar-refractivity contribution in [3.8, 4) is 39.5 Å². The molecule has 0 aliphatic rings. The van der Waals surface area contributed by atoms with E-state index in [0.717, 1.165) is 38.9 Å². The Morgan fingerprint density at radius 2 is 1.19 bits per heavy atom. The van der Waals surface area contributed by atoms with E-state index in [1.807, 2.05) is 42.5 Å². The monoisotopic (exact) mass is 634 g/mol. The number of benzene rings is 5. The Morgan fingerprint density at radius 3 is 1.83 bits per heavy atom. The normalized spacial score (nSPS) is 12.7. The van der Waals surface area contributed by atoms with Gasteiger partial charge >= 0.3 is 0 Å². The average molecular weight is 635 g/mol. The summed E-state index contributed by atoms with van der Waals surface area (Å²) in [7, 11) is 0. The predicted octanol–water partition coefficient (Wildman–Crippen LogP) is 12.2. The molecule has 48 heavy (non-hydrogen) atoms. The highest BCUT2D eigenvalue weighted by molar-refractivity contribution is 5.97. The van der Waals surface area contributed by atoms with Crippen molar-refractivity contribution in [3.05, 3.63) is 125 Å². The SMILES string of the molecule is CC(C)(C)c1cc(-c2cc(-c3ccccc3)c3nc(-c4ccccc4N=Cc4cc(C(C)(C)C)ccc4O)oc3c2)cc(C(C)(C)C)c1. The smallest absolute Gasteiger partial charge is 0.229 e. The van der Waals surface area contributed by atoms with Crippen molar-refractivity contribution in [1.29, 1.82) is 0 Å². The fourth-order valence-electron chi connectivity index (χ4n) is 5.84. The molecule has 0 amide bonds. The number of phenols is 1. The number of rotatable bonds is 5. The van der Waals surface area contributed by atoms with Gasteiger partial charge in [-0.3, -0.25) is 4.99 Å². The standard InChI is InChI=1S/C44H46N2O2/c1-42(2,3)32-19-20-38(47)31(23-32)27-45-37-18-14-13-17-35(37)41-46-40-36(28-15-11-10-12-16-28)24-30(25-39(40)48-41)29-21-33(43(4,5)6)26-34(22-29)44(7,8)9/h10-27,47H,1-9H3. The zero-order chi connectivity index (χ0) is 34.4. The zero-order valence-corrected chi connectivity index (χ0v) is 29.6. The van der Waals surface area contributed by atoms with Crippen LogP contribution in [0.4, 0.5) is 5.69 Å². The molecule has 244 valence electrons. The predicted molar refractivity (Wildman–Crippen MR) is 202 cm³/mol. The highest BCUT2D eigenvalue weighted by Gasteiger charge is 2.23. The second kappa shape index (κ2) is 12.2. The van der Waals surface area contributed by atoms with Crippen LogP contribution in [0.3, 0.4) is 0 Å². The van der Waals surface area contributed by atoms with E-state index in [0.29, 0.717) is 22.7 Å². The van der Waals surface area contributed by atoms with Crippen molar-refractivity contribution in [2.45, 2.75) is 78.6 Å². The molecule has 5 aromatic carbocycles. The highest BCUT2D eigenvalue weighted by atomic mass is 16.3. The summed E-state index contributed by atoms with van der Waals surface area (Å²) in [5.74, 6) is 0.690. The third kappa shape index (κ3) is 6.85. The number of aromatic hydroxyl groups is 1. The van der Waals surface area contributed by atoms with Crippen molar-refractivity contribution in [2.75, 3.05) is 0 Å². The fourth-order valence-corrected chi connectivity index (χ4v) is 5.84. The molecule has 0 aliphatic heterocycles. The first kappa shape index (κ1) is 33.0. The first-order valence-electron chi connectivity index (χ1n) is 16.7. The summed E-state index contributed by atoms with van der Waals surface area (Å²) in [4.78, 5) is 9.93. The largest absolute Gasteiger partial charge is 0.507 e. The number of hydrogen-bond acceptors (Lipinski definition) is 4. The van der Waals surface area contributed by atoms with E-state index < -0.39 is 0 Å². The maximum atomic E-state index is 10.6. The van der Waals surface area contributed by atoms with Gasteiger partial charge in [0.25, 0.3) is 0 Å². The van der Waals surface area contributed by atoms with E-state index in [-0.39, 0.29) is 22.0 Å². The lowest BCUT2D eigenvalue weighted by Crippen LogP contribution is -2.16. The molecule has 6 rings (SSSR count). The van der Waals surface area contributed by atoms with E-state index in [4.69, 9.17) is 14.4 Å². The molecule has 6 aromatic rings. The maximum absolute atomic E-state index is 10.6. The van der Waals surface area contributed by atoms with E-state index in [9.17, 15) is 5.11 Å². The first-order chi connectivity index (χ1) is 22.6. The lowest BCUT2D eigenvalue weighted by atomic mass is 9.79. The number of aliphatic imine (C=N–C) groups is 1. The second-order valence-corrected chi connectivity index (χ2v) is 15.9. The number of nitrogens with zero attached hydrogens (tertiary/aromatic N) is 2. The molecule has 1 aromatic heterocycles. The van der Waals surface area contributed by atoms with Crippen LogP contribution in [0.1, 0.15) is 84.6 Å². The van der Waals surface area contributed by atoms with Crippen LogP contribution < -0.4 is 0 Å². The van der Waals surface area contributed by atoms with Crippen molar-refractivity contribution < 1.29 is 9.52 Å². The molecule has 4 nitrogen and oxygen atoms in total. The van der Waals surface area contributed by atoms with E-state index >= 15 is 0 Å². The summed E-state index contributed by atoms with van der Waals surface area (Å²) >= 11 is 0. The summed E-state index contributed by atoms with van der Waals surface area (Å²) in [6, 6.07) is 35.3. The van der Waals surface area contributed by atoms with Gasteiger partial charge in [-0.15, -0.1) is 0 Å².